The quantitative estimate of drug-likeness (QED) is 0.264. The fraction of sp³-hybridized carbons (Fsp3) is 0.800. The fourth-order valence-corrected chi connectivity index (χ4v) is 0.820. The zero-order chi connectivity index (χ0) is 7.78. The highest BCUT2D eigenvalue weighted by Crippen LogP contribution is 2.50. The summed E-state index contributed by atoms with van der Waals surface area (Å²) < 4.78 is 24.1. The second-order valence-electron chi connectivity index (χ2n) is 2.44. The van der Waals surface area contributed by atoms with Crippen molar-refractivity contribution in [3.63, 3.8) is 0 Å². The summed E-state index contributed by atoms with van der Waals surface area (Å²) in [5.41, 5.74) is 3.74. The van der Waals surface area contributed by atoms with E-state index in [4.69, 9.17) is 10.9 Å². The van der Waals surface area contributed by atoms with Gasteiger partial charge in [0.05, 0.1) is 5.41 Å². The van der Waals surface area contributed by atoms with E-state index in [0.717, 1.165) is 0 Å². The first-order chi connectivity index (χ1) is 4.63. The zero-order valence-corrected chi connectivity index (χ0v) is 5.22. The first-order valence-corrected chi connectivity index (χ1v) is 2.89. The third kappa shape index (κ3) is 0.815. The number of hydrogen-bond donors (Lipinski definition) is 2. The van der Waals surface area contributed by atoms with Gasteiger partial charge >= 0.3 is 0 Å². The average molecular weight is 150 g/mol. The van der Waals surface area contributed by atoms with E-state index in [9.17, 15) is 8.78 Å². The predicted molar refractivity (Wildman–Crippen MR) is 31.1 cm³/mol. The van der Waals surface area contributed by atoms with Crippen LogP contribution in [0.1, 0.15) is 12.8 Å². The maximum Gasteiger partial charge on any atom is 0.251 e. The van der Waals surface area contributed by atoms with Crippen LogP contribution < -0.4 is 5.73 Å². The molecule has 1 rings (SSSR count). The number of halogens is 2. The lowest BCUT2D eigenvalue weighted by Gasteiger charge is -2.10. The Bertz CT molecular complexity index is 165. The summed E-state index contributed by atoms with van der Waals surface area (Å²) in [4.78, 5) is 0. The molecular formula is C5H8F2N2O. The van der Waals surface area contributed by atoms with Crippen molar-refractivity contribution in [3.05, 3.63) is 0 Å². The van der Waals surface area contributed by atoms with Gasteiger partial charge in [0.25, 0.3) is 6.43 Å². The van der Waals surface area contributed by atoms with E-state index < -0.39 is 11.8 Å². The summed E-state index contributed by atoms with van der Waals surface area (Å²) in [6.45, 7) is 0. The Labute approximate surface area is 56.5 Å². The van der Waals surface area contributed by atoms with Crippen LogP contribution in [0, 0.1) is 5.41 Å². The van der Waals surface area contributed by atoms with Gasteiger partial charge in [-0.3, -0.25) is 0 Å². The van der Waals surface area contributed by atoms with Crippen molar-refractivity contribution >= 4 is 5.84 Å². The van der Waals surface area contributed by atoms with Gasteiger partial charge in [0.2, 0.25) is 0 Å². The molecule has 0 spiro atoms. The van der Waals surface area contributed by atoms with E-state index in [1.54, 1.807) is 0 Å². The van der Waals surface area contributed by atoms with Crippen LogP contribution in [0.4, 0.5) is 8.78 Å². The molecule has 0 radical (unpaired) electrons. The number of nitrogens with zero attached hydrogens (tertiary/aromatic N) is 1. The van der Waals surface area contributed by atoms with E-state index in [1.807, 2.05) is 0 Å². The number of hydrogen-bond acceptors (Lipinski definition) is 2. The SMILES string of the molecule is N/C(=N\O)C1(C(F)F)CC1. The third-order valence-corrected chi connectivity index (χ3v) is 1.82. The van der Waals surface area contributed by atoms with E-state index in [0.29, 0.717) is 12.8 Å². The maximum atomic E-state index is 12.0. The molecule has 0 aromatic heterocycles. The second kappa shape index (κ2) is 2.07. The second-order valence-corrected chi connectivity index (χ2v) is 2.44. The van der Waals surface area contributed by atoms with Crippen LogP contribution in [-0.2, 0) is 0 Å². The maximum absolute atomic E-state index is 12.0. The standard InChI is InChI=1S/C5H8F2N2O/c6-3(7)5(1-2-5)4(8)9-10/h3,10H,1-2H2,(H2,8,9). The molecule has 1 aliphatic rings. The molecule has 0 amide bonds. The molecule has 0 atom stereocenters. The molecule has 5 heteroatoms. The Hall–Kier alpha value is -0.870. The molecule has 58 valence electrons. The molecule has 1 fully saturated rings. The van der Waals surface area contributed by atoms with Gasteiger partial charge in [0.15, 0.2) is 5.84 Å². The van der Waals surface area contributed by atoms with Crippen LogP contribution in [0.15, 0.2) is 5.16 Å². The Morgan fingerprint density at radius 1 is 1.60 bits per heavy atom. The molecule has 1 saturated carbocycles. The Kier molecular flexibility index (Phi) is 1.50. The minimum absolute atomic E-state index is 0.320. The van der Waals surface area contributed by atoms with Gasteiger partial charge in [-0.1, -0.05) is 5.16 Å². The normalized spacial score (nSPS) is 23.3. The third-order valence-electron chi connectivity index (χ3n) is 1.82. The minimum atomic E-state index is -2.51. The van der Waals surface area contributed by atoms with Gasteiger partial charge in [-0.2, -0.15) is 0 Å². The molecule has 0 unspecified atom stereocenters. The van der Waals surface area contributed by atoms with Crippen LogP contribution in [-0.4, -0.2) is 17.5 Å². The van der Waals surface area contributed by atoms with Crippen LogP contribution in [0.2, 0.25) is 0 Å². The lowest BCUT2D eigenvalue weighted by atomic mass is 10.1. The van der Waals surface area contributed by atoms with Crippen molar-refractivity contribution < 1.29 is 14.0 Å². The van der Waals surface area contributed by atoms with Crippen LogP contribution >= 0.6 is 0 Å². The van der Waals surface area contributed by atoms with E-state index >= 15 is 0 Å². The topological polar surface area (TPSA) is 58.6 Å². The number of alkyl halides is 2. The largest absolute Gasteiger partial charge is 0.409 e. The first kappa shape index (κ1) is 7.24. The first-order valence-electron chi connectivity index (χ1n) is 2.89. The van der Waals surface area contributed by atoms with Gasteiger partial charge in [0.1, 0.15) is 0 Å². The Morgan fingerprint density at radius 3 is 2.20 bits per heavy atom. The van der Waals surface area contributed by atoms with Crippen molar-refractivity contribution in [1.82, 2.24) is 0 Å². The summed E-state index contributed by atoms with van der Waals surface area (Å²) >= 11 is 0. The van der Waals surface area contributed by atoms with Crippen molar-refractivity contribution in [1.29, 1.82) is 0 Å². The summed E-state index contributed by atoms with van der Waals surface area (Å²) in [6.07, 6.45) is -1.87. The molecule has 0 bridgehead atoms. The number of nitrogens with two attached hydrogens (primary N) is 1. The molecular weight excluding hydrogens is 142 g/mol. The van der Waals surface area contributed by atoms with Gasteiger partial charge in [-0.15, -0.1) is 0 Å². The van der Waals surface area contributed by atoms with Gasteiger partial charge in [-0.25, -0.2) is 8.78 Å². The predicted octanol–water partition coefficient (Wildman–Crippen LogP) is 0.778. The Balaban J connectivity index is 2.70. The smallest absolute Gasteiger partial charge is 0.251 e. The minimum Gasteiger partial charge on any atom is -0.409 e. The summed E-state index contributed by atoms with van der Waals surface area (Å²) in [6, 6.07) is 0. The summed E-state index contributed by atoms with van der Waals surface area (Å²) in [5.74, 6) is -0.345. The average Bonchev–Trinajstić information content (AvgIpc) is 2.65. The van der Waals surface area contributed by atoms with Gasteiger partial charge in [-0.05, 0) is 12.8 Å². The van der Waals surface area contributed by atoms with Gasteiger partial charge < -0.3 is 10.9 Å². The highest BCUT2D eigenvalue weighted by Gasteiger charge is 2.55. The zero-order valence-electron chi connectivity index (χ0n) is 5.22. The summed E-state index contributed by atoms with van der Waals surface area (Å²) in [7, 11) is 0. The van der Waals surface area contributed by atoms with Crippen LogP contribution in [0.5, 0.6) is 0 Å². The number of amidine groups is 1. The molecule has 0 heterocycles. The van der Waals surface area contributed by atoms with Crippen LogP contribution in [0.3, 0.4) is 0 Å². The molecule has 1 aliphatic carbocycles. The summed E-state index contributed by atoms with van der Waals surface area (Å²) in [5, 5.41) is 10.6. The highest BCUT2D eigenvalue weighted by atomic mass is 19.3. The lowest BCUT2D eigenvalue weighted by Crippen LogP contribution is -2.31. The van der Waals surface area contributed by atoms with Crippen molar-refractivity contribution in [2.24, 2.45) is 16.3 Å². The molecule has 0 aromatic carbocycles. The molecule has 3 N–H and O–H groups in total. The molecule has 0 aliphatic heterocycles. The molecule has 3 nitrogen and oxygen atoms in total. The molecule has 10 heavy (non-hydrogen) atoms. The van der Waals surface area contributed by atoms with Crippen molar-refractivity contribution in [2.45, 2.75) is 19.3 Å². The number of rotatable bonds is 2. The van der Waals surface area contributed by atoms with E-state index in [2.05, 4.69) is 5.16 Å². The number of oxime groups is 1. The van der Waals surface area contributed by atoms with E-state index in [-0.39, 0.29) is 5.84 Å². The van der Waals surface area contributed by atoms with E-state index in [1.165, 1.54) is 0 Å². The van der Waals surface area contributed by atoms with Crippen molar-refractivity contribution in [2.75, 3.05) is 0 Å². The molecule has 0 saturated heterocycles. The monoisotopic (exact) mass is 150 g/mol. The van der Waals surface area contributed by atoms with Crippen LogP contribution in [0.25, 0.3) is 0 Å². The Morgan fingerprint density at radius 2 is 2.10 bits per heavy atom. The van der Waals surface area contributed by atoms with Gasteiger partial charge in [0, 0.05) is 0 Å². The van der Waals surface area contributed by atoms with Crippen molar-refractivity contribution in [3.8, 4) is 0 Å². The fourth-order valence-electron chi connectivity index (χ4n) is 0.820. The lowest BCUT2D eigenvalue weighted by molar-refractivity contribution is 0.0942. The highest BCUT2D eigenvalue weighted by molar-refractivity contribution is 5.88. The molecule has 0 aromatic rings.